The average molecular weight is 677 g/mol. The highest BCUT2D eigenvalue weighted by atomic mass is 16.7. The van der Waals surface area contributed by atoms with E-state index in [1.165, 1.54) is 77.0 Å². The van der Waals surface area contributed by atoms with E-state index in [-0.39, 0.29) is 18.9 Å². The predicted octanol–water partition coefficient (Wildman–Crippen LogP) is 3.96. The average Bonchev–Trinajstić information content (AvgIpc) is 3.07. The van der Waals surface area contributed by atoms with Crippen LogP contribution in [0.25, 0.3) is 0 Å². The Morgan fingerprint density at radius 1 is 0.723 bits per heavy atom. The SMILES string of the molecule is CCCCCCCCCCCCCCC(O)C(O)C(COC1OC(CO)C(O)C(O)C1O)NC(=O)CCCCCCCCCCCN. The molecule has 0 aromatic heterocycles. The zero-order valence-electron chi connectivity index (χ0n) is 29.5. The topological polar surface area (TPSA) is 195 Å². The Morgan fingerprint density at radius 2 is 1.21 bits per heavy atom. The first-order chi connectivity index (χ1) is 22.8. The van der Waals surface area contributed by atoms with Crippen molar-refractivity contribution in [2.24, 2.45) is 5.73 Å². The summed E-state index contributed by atoms with van der Waals surface area (Å²) in [7, 11) is 0. The summed E-state index contributed by atoms with van der Waals surface area (Å²) >= 11 is 0. The van der Waals surface area contributed by atoms with Crippen molar-refractivity contribution in [3.8, 4) is 0 Å². The number of unbranched alkanes of at least 4 members (excludes halogenated alkanes) is 19. The summed E-state index contributed by atoms with van der Waals surface area (Å²) in [5.41, 5.74) is 5.54. The van der Waals surface area contributed by atoms with E-state index in [9.17, 15) is 35.4 Å². The lowest BCUT2D eigenvalue weighted by Gasteiger charge is -2.40. The first-order valence-electron chi connectivity index (χ1n) is 19.0. The van der Waals surface area contributed by atoms with Crippen LogP contribution in [-0.4, -0.2) is 105 Å². The van der Waals surface area contributed by atoms with Gasteiger partial charge in [0, 0.05) is 6.42 Å². The van der Waals surface area contributed by atoms with Crippen LogP contribution in [0.5, 0.6) is 0 Å². The van der Waals surface area contributed by atoms with E-state index in [4.69, 9.17) is 15.2 Å². The van der Waals surface area contributed by atoms with Crippen LogP contribution in [0.1, 0.15) is 155 Å². The van der Waals surface area contributed by atoms with Crippen molar-refractivity contribution in [1.29, 1.82) is 0 Å². The quantitative estimate of drug-likeness (QED) is 0.0498. The number of rotatable bonds is 31. The number of hydrogen-bond acceptors (Lipinski definition) is 10. The number of carbonyl (C=O) groups is 1. The summed E-state index contributed by atoms with van der Waals surface area (Å²) < 4.78 is 11.1. The summed E-state index contributed by atoms with van der Waals surface area (Å²) in [6, 6.07) is -0.990. The zero-order valence-corrected chi connectivity index (χ0v) is 29.5. The number of amides is 1. The molecule has 280 valence electrons. The van der Waals surface area contributed by atoms with Crippen LogP contribution < -0.4 is 11.1 Å². The van der Waals surface area contributed by atoms with Crippen LogP contribution in [0.4, 0.5) is 0 Å². The van der Waals surface area contributed by atoms with E-state index in [2.05, 4.69) is 12.2 Å². The molecule has 0 aromatic rings. The van der Waals surface area contributed by atoms with Crippen LogP contribution in [0.2, 0.25) is 0 Å². The molecule has 1 fully saturated rings. The van der Waals surface area contributed by atoms with Crippen molar-refractivity contribution >= 4 is 5.91 Å². The van der Waals surface area contributed by atoms with Gasteiger partial charge in [0.15, 0.2) is 6.29 Å². The van der Waals surface area contributed by atoms with Gasteiger partial charge < -0.3 is 51.2 Å². The molecule has 1 saturated heterocycles. The van der Waals surface area contributed by atoms with Gasteiger partial charge in [0.2, 0.25) is 5.91 Å². The summed E-state index contributed by atoms with van der Waals surface area (Å²) in [4.78, 5) is 12.8. The van der Waals surface area contributed by atoms with Gasteiger partial charge in [-0.3, -0.25) is 4.79 Å². The fourth-order valence-corrected chi connectivity index (χ4v) is 6.21. The molecule has 9 N–H and O–H groups in total. The molecule has 11 heteroatoms. The third kappa shape index (κ3) is 20.4. The number of aliphatic hydroxyl groups excluding tert-OH is 6. The van der Waals surface area contributed by atoms with Crippen molar-refractivity contribution in [3.05, 3.63) is 0 Å². The number of nitrogens with one attached hydrogen (secondary N) is 1. The van der Waals surface area contributed by atoms with Crippen LogP contribution in [0.15, 0.2) is 0 Å². The molecular weight excluding hydrogens is 604 g/mol. The van der Waals surface area contributed by atoms with Crippen LogP contribution in [0.3, 0.4) is 0 Å². The molecule has 8 unspecified atom stereocenters. The maximum Gasteiger partial charge on any atom is 0.220 e. The van der Waals surface area contributed by atoms with Gasteiger partial charge >= 0.3 is 0 Å². The molecule has 47 heavy (non-hydrogen) atoms. The molecule has 0 saturated carbocycles. The molecule has 0 aliphatic carbocycles. The second-order valence-electron chi connectivity index (χ2n) is 13.7. The lowest BCUT2D eigenvalue weighted by Crippen LogP contribution is -2.60. The molecule has 1 heterocycles. The van der Waals surface area contributed by atoms with E-state index >= 15 is 0 Å². The molecule has 0 bridgehead atoms. The molecule has 0 radical (unpaired) electrons. The van der Waals surface area contributed by atoms with Gasteiger partial charge in [0.25, 0.3) is 0 Å². The van der Waals surface area contributed by atoms with E-state index in [0.717, 1.165) is 57.9 Å². The van der Waals surface area contributed by atoms with Gasteiger partial charge in [-0.1, -0.05) is 129 Å². The molecule has 1 aliphatic heterocycles. The number of ether oxygens (including phenoxy) is 2. The van der Waals surface area contributed by atoms with Crippen LogP contribution in [0, 0.1) is 0 Å². The Morgan fingerprint density at radius 3 is 1.72 bits per heavy atom. The van der Waals surface area contributed by atoms with Crippen LogP contribution >= 0.6 is 0 Å². The molecule has 11 nitrogen and oxygen atoms in total. The highest BCUT2D eigenvalue weighted by molar-refractivity contribution is 5.76. The normalized spacial score (nSPS) is 23.4. The van der Waals surface area contributed by atoms with Crippen molar-refractivity contribution in [2.75, 3.05) is 19.8 Å². The Labute approximate surface area is 285 Å². The molecule has 1 amide bonds. The van der Waals surface area contributed by atoms with Gasteiger partial charge in [-0.25, -0.2) is 0 Å². The fourth-order valence-electron chi connectivity index (χ4n) is 6.21. The Balaban J connectivity index is 2.50. The summed E-state index contributed by atoms with van der Waals surface area (Å²) in [6.07, 6.45) is 14.9. The highest BCUT2D eigenvalue weighted by Gasteiger charge is 2.44. The maximum absolute atomic E-state index is 12.8. The van der Waals surface area contributed by atoms with Crippen LogP contribution in [-0.2, 0) is 14.3 Å². The van der Waals surface area contributed by atoms with E-state index in [0.29, 0.717) is 12.8 Å². The fraction of sp³-hybridized carbons (Fsp3) is 0.972. The second-order valence-corrected chi connectivity index (χ2v) is 13.7. The second kappa shape index (κ2) is 28.9. The Kier molecular flexibility index (Phi) is 27.1. The third-order valence-corrected chi connectivity index (χ3v) is 9.40. The minimum Gasteiger partial charge on any atom is -0.394 e. The minimum atomic E-state index is -1.61. The first-order valence-corrected chi connectivity index (χ1v) is 19.0. The van der Waals surface area contributed by atoms with Gasteiger partial charge in [-0.15, -0.1) is 0 Å². The third-order valence-electron chi connectivity index (χ3n) is 9.40. The number of hydrogen-bond donors (Lipinski definition) is 8. The number of carbonyl (C=O) groups excluding carboxylic acids is 1. The lowest BCUT2D eigenvalue weighted by molar-refractivity contribution is -0.303. The first kappa shape index (κ1) is 44.1. The number of aliphatic hydroxyl groups is 6. The highest BCUT2D eigenvalue weighted by Crippen LogP contribution is 2.23. The van der Waals surface area contributed by atoms with E-state index < -0.39 is 55.6 Å². The molecular formula is C36H72N2O9. The monoisotopic (exact) mass is 677 g/mol. The summed E-state index contributed by atoms with van der Waals surface area (Å²) in [6.45, 7) is 2.07. The van der Waals surface area contributed by atoms with Crippen molar-refractivity contribution in [2.45, 2.75) is 204 Å². The minimum absolute atomic E-state index is 0.272. The largest absolute Gasteiger partial charge is 0.394 e. The lowest BCUT2D eigenvalue weighted by atomic mass is 9.98. The Hall–Kier alpha value is -0.890. The van der Waals surface area contributed by atoms with Gasteiger partial charge in [-0.05, 0) is 25.8 Å². The van der Waals surface area contributed by atoms with Gasteiger partial charge in [-0.2, -0.15) is 0 Å². The van der Waals surface area contributed by atoms with Gasteiger partial charge in [0.05, 0.1) is 25.4 Å². The van der Waals surface area contributed by atoms with Gasteiger partial charge in [0.1, 0.15) is 30.5 Å². The number of nitrogens with two attached hydrogens (primary N) is 1. The molecule has 1 rings (SSSR count). The standard InChI is InChI=1S/C36H72N2O9/c1-2-3-4-5-6-7-8-9-11-14-17-20-23-29(40)32(42)28(27-46-36-35(45)34(44)33(43)30(26-39)47-36)38-31(41)24-21-18-15-12-10-13-16-19-22-25-37/h28-30,32-36,39-40,42-45H,2-27,37H2,1H3,(H,38,41). The van der Waals surface area contributed by atoms with E-state index in [1.54, 1.807) is 0 Å². The Bertz CT molecular complexity index is 733. The maximum atomic E-state index is 12.8. The molecule has 0 aromatic carbocycles. The van der Waals surface area contributed by atoms with Crippen molar-refractivity contribution < 1.29 is 44.9 Å². The zero-order chi connectivity index (χ0) is 34.7. The molecule has 8 atom stereocenters. The molecule has 0 spiro atoms. The predicted molar refractivity (Wildman–Crippen MR) is 185 cm³/mol. The smallest absolute Gasteiger partial charge is 0.220 e. The molecule has 1 aliphatic rings. The van der Waals surface area contributed by atoms with Crippen molar-refractivity contribution in [3.63, 3.8) is 0 Å². The summed E-state index contributed by atoms with van der Waals surface area (Å²) in [5, 5.41) is 64.7. The van der Waals surface area contributed by atoms with Crippen molar-refractivity contribution in [1.82, 2.24) is 5.32 Å². The van der Waals surface area contributed by atoms with E-state index in [1.807, 2.05) is 0 Å². The summed E-state index contributed by atoms with van der Waals surface area (Å²) in [5.74, 6) is -0.272.